The molecule has 1 aliphatic heterocycles. The third kappa shape index (κ3) is 7.13. The number of hydrogen-bond acceptors (Lipinski definition) is 10. The minimum absolute atomic E-state index is 0.0615. The Bertz CT molecular complexity index is 1500. The van der Waals surface area contributed by atoms with Crippen LogP contribution in [0.4, 0.5) is 11.6 Å². The number of nitrogens with two attached hydrogens (primary N) is 1. The predicted molar refractivity (Wildman–Crippen MR) is 165 cm³/mol. The molecule has 3 aromatic rings. The minimum atomic E-state index is -3.96. The number of hydrogen-bond donors (Lipinski definition) is 1. The summed E-state index contributed by atoms with van der Waals surface area (Å²) >= 11 is 6.94. The molecule has 0 radical (unpaired) electrons. The van der Waals surface area contributed by atoms with Crippen molar-refractivity contribution < 1.29 is 22.3 Å². The smallest absolute Gasteiger partial charge is 0.305 e. The van der Waals surface area contributed by atoms with Crippen LogP contribution in [-0.4, -0.2) is 88.1 Å². The van der Waals surface area contributed by atoms with Crippen LogP contribution in [0.25, 0.3) is 11.5 Å². The molecule has 0 amide bonds. The number of anilines is 2. The van der Waals surface area contributed by atoms with Crippen LogP contribution in [0.2, 0.25) is 5.02 Å². The molecule has 5 rings (SSSR count). The van der Waals surface area contributed by atoms with Crippen LogP contribution >= 0.6 is 11.6 Å². The fourth-order valence-electron chi connectivity index (χ4n) is 5.18. The summed E-state index contributed by atoms with van der Waals surface area (Å²) < 4.78 is 46.7. The first-order valence-corrected chi connectivity index (χ1v) is 16.2. The molecule has 14 heteroatoms. The summed E-state index contributed by atoms with van der Waals surface area (Å²) in [5, 5.41) is 8.67. The topological polar surface area (TPSA) is 140 Å². The first-order valence-electron chi connectivity index (χ1n) is 14.4. The third-order valence-electron chi connectivity index (χ3n) is 8.05. The number of halogens is 1. The highest BCUT2D eigenvalue weighted by Crippen LogP contribution is 2.42. The average Bonchev–Trinajstić information content (AvgIpc) is 3.46. The Morgan fingerprint density at radius 1 is 1.21 bits per heavy atom. The Morgan fingerprint density at radius 2 is 1.91 bits per heavy atom. The number of methoxy groups -OCH3 is 1. The third-order valence-corrected chi connectivity index (χ3v) is 10.3. The number of benzene rings is 1. The van der Waals surface area contributed by atoms with E-state index in [-0.39, 0.29) is 35.7 Å². The van der Waals surface area contributed by atoms with Crippen molar-refractivity contribution in [2.45, 2.75) is 32.2 Å². The van der Waals surface area contributed by atoms with Crippen LogP contribution in [0.15, 0.2) is 40.8 Å². The zero-order valence-corrected chi connectivity index (χ0v) is 26.6. The SMILES string of the molecule is COCCN(CC1CC1C)c1cc(-c2nnc([C@](C)(N)Cc3ccccc3)o2)c(Cl)c(N(C)S(=O)(=O)N2CCOCC2)n1. The van der Waals surface area contributed by atoms with E-state index in [1.807, 2.05) is 37.3 Å². The molecule has 2 unspecified atom stereocenters. The van der Waals surface area contributed by atoms with E-state index < -0.39 is 15.7 Å². The molecule has 3 atom stereocenters. The monoisotopic (exact) mass is 633 g/mol. The molecule has 1 aromatic carbocycles. The second-order valence-electron chi connectivity index (χ2n) is 11.6. The van der Waals surface area contributed by atoms with E-state index in [2.05, 4.69) is 22.0 Å². The summed E-state index contributed by atoms with van der Waals surface area (Å²) in [7, 11) is -0.864. The molecule has 2 fully saturated rings. The maximum atomic E-state index is 13.7. The van der Waals surface area contributed by atoms with Crippen molar-refractivity contribution in [3.8, 4) is 11.5 Å². The summed E-state index contributed by atoms with van der Waals surface area (Å²) in [5.74, 6) is 2.06. The Hall–Kier alpha value is -2.81. The van der Waals surface area contributed by atoms with Crippen LogP contribution in [0.1, 0.15) is 31.7 Å². The lowest BCUT2D eigenvalue weighted by Crippen LogP contribution is -2.47. The lowest BCUT2D eigenvalue weighted by molar-refractivity contribution is 0.0729. The molecule has 0 bridgehead atoms. The average molecular weight is 634 g/mol. The summed E-state index contributed by atoms with van der Waals surface area (Å²) in [4.78, 5) is 6.90. The van der Waals surface area contributed by atoms with Crippen LogP contribution in [-0.2, 0) is 31.6 Å². The maximum Gasteiger partial charge on any atom is 0.305 e. The summed E-state index contributed by atoms with van der Waals surface area (Å²) in [6.07, 6.45) is 1.59. The van der Waals surface area contributed by atoms with Gasteiger partial charge in [0.05, 0.1) is 35.9 Å². The Labute approximate surface area is 258 Å². The van der Waals surface area contributed by atoms with Crippen molar-refractivity contribution in [1.29, 1.82) is 0 Å². The molecule has 3 heterocycles. The highest BCUT2D eigenvalue weighted by Gasteiger charge is 2.37. The van der Waals surface area contributed by atoms with Gasteiger partial charge in [-0.05, 0) is 43.2 Å². The van der Waals surface area contributed by atoms with Gasteiger partial charge in [0.1, 0.15) is 5.82 Å². The number of aromatic nitrogens is 3. The predicted octanol–water partition coefficient (Wildman–Crippen LogP) is 3.32. The number of morpholine rings is 1. The van der Waals surface area contributed by atoms with Gasteiger partial charge < -0.3 is 24.5 Å². The van der Waals surface area contributed by atoms with E-state index in [4.69, 9.17) is 36.2 Å². The van der Waals surface area contributed by atoms with Gasteiger partial charge in [-0.25, -0.2) is 9.29 Å². The highest BCUT2D eigenvalue weighted by atomic mass is 35.5. The van der Waals surface area contributed by atoms with E-state index in [1.165, 1.54) is 11.4 Å². The van der Waals surface area contributed by atoms with Gasteiger partial charge in [-0.1, -0.05) is 48.9 Å². The molecule has 2 aromatic heterocycles. The normalized spacial score (nSPS) is 20.5. The van der Waals surface area contributed by atoms with Crippen molar-refractivity contribution in [3.05, 3.63) is 52.9 Å². The second kappa shape index (κ2) is 13.0. The Morgan fingerprint density at radius 3 is 2.56 bits per heavy atom. The Balaban J connectivity index is 1.56. The molecular weight excluding hydrogens is 594 g/mol. The fraction of sp³-hybridized carbons (Fsp3) is 0.552. The van der Waals surface area contributed by atoms with Crippen molar-refractivity contribution in [3.63, 3.8) is 0 Å². The molecule has 2 N–H and O–H groups in total. The molecule has 1 saturated heterocycles. The van der Waals surface area contributed by atoms with Crippen molar-refractivity contribution in [2.24, 2.45) is 17.6 Å². The first kappa shape index (κ1) is 31.6. The number of rotatable bonds is 13. The maximum absolute atomic E-state index is 13.7. The standard InChI is InChI=1S/C29H40ClN7O5S/c1-20-16-22(20)19-36(10-13-40-4)24-17-23(25(30)26(32-24)35(3)43(38,39)37-11-14-41-15-12-37)27-33-34-28(42-27)29(2,31)18-21-8-6-5-7-9-21/h5-9,17,20,22H,10-16,18-19,31H2,1-4H3/t20?,22?,29-/m1/s1. The second-order valence-corrected chi connectivity index (χ2v) is 13.9. The highest BCUT2D eigenvalue weighted by molar-refractivity contribution is 7.90. The van der Waals surface area contributed by atoms with E-state index >= 15 is 0 Å². The van der Waals surface area contributed by atoms with Crippen molar-refractivity contribution >= 4 is 33.4 Å². The summed E-state index contributed by atoms with van der Waals surface area (Å²) in [5.41, 5.74) is 7.09. The zero-order chi connectivity index (χ0) is 30.8. The van der Waals surface area contributed by atoms with E-state index in [0.29, 0.717) is 56.0 Å². The van der Waals surface area contributed by atoms with Gasteiger partial charge in [-0.3, -0.25) is 0 Å². The summed E-state index contributed by atoms with van der Waals surface area (Å²) in [6.45, 7) is 6.91. The Kier molecular flexibility index (Phi) is 9.59. The van der Waals surface area contributed by atoms with E-state index in [0.717, 1.165) is 22.8 Å². The molecule has 2 aliphatic rings. The molecule has 1 saturated carbocycles. The van der Waals surface area contributed by atoms with E-state index in [9.17, 15) is 8.42 Å². The molecule has 43 heavy (non-hydrogen) atoms. The molecule has 234 valence electrons. The van der Waals surface area contributed by atoms with Gasteiger partial charge in [0.15, 0.2) is 5.82 Å². The lowest BCUT2D eigenvalue weighted by atomic mass is 9.94. The van der Waals surface area contributed by atoms with Crippen molar-refractivity contribution in [2.75, 3.05) is 69.4 Å². The number of nitrogens with zero attached hydrogens (tertiary/aromatic N) is 6. The minimum Gasteiger partial charge on any atom is -0.419 e. The largest absolute Gasteiger partial charge is 0.419 e. The quantitative estimate of drug-likeness (QED) is 0.298. The summed E-state index contributed by atoms with van der Waals surface area (Å²) in [6, 6.07) is 11.6. The number of ether oxygens (including phenoxy) is 2. The zero-order valence-electron chi connectivity index (χ0n) is 25.1. The molecule has 0 spiro atoms. The van der Waals surface area contributed by atoms with Crippen LogP contribution < -0.4 is 14.9 Å². The fourth-order valence-corrected chi connectivity index (χ4v) is 6.85. The lowest BCUT2D eigenvalue weighted by Gasteiger charge is -2.32. The van der Waals surface area contributed by atoms with E-state index in [1.54, 1.807) is 13.2 Å². The van der Waals surface area contributed by atoms with Gasteiger partial charge in [-0.2, -0.15) is 12.7 Å². The number of pyridine rings is 1. The van der Waals surface area contributed by atoms with Crippen LogP contribution in [0.3, 0.4) is 0 Å². The van der Waals surface area contributed by atoms with Gasteiger partial charge in [0.2, 0.25) is 11.8 Å². The van der Waals surface area contributed by atoms with Gasteiger partial charge in [0.25, 0.3) is 0 Å². The van der Waals surface area contributed by atoms with Gasteiger partial charge in [0, 0.05) is 40.3 Å². The van der Waals surface area contributed by atoms with Gasteiger partial charge in [-0.15, -0.1) is 10.2 Å². The molecular formula is C29H40ClN7O5S. The first-order chi connectivity index (χ1) is 20.5. The van der Waals surface area contributed by atoms with Crippen LogP contribution in [0.5, 0.6) is 0 Å². The van der Waals surface area contributed by atoms with Gasteiger partial charge >= 0.3 is 10.2 Å². The molecule has 12 nitrogen and oxygen atoms in total. The molecule has 1 aliphatic carbocycles. The van der Waals surface area contributed by atoms with Crippen molar-refractivity contribution in [1.82, 2.24) is 19.5 Å². The van der Waals surface area contributed by atoms with Crippen LogP contribution in [0, 0.1) is 11.8 Å².